The number of aliphatic hydroxyl groups is 1. The number of hydrogen-bond acceptors (Lipinski definition) is 7. The monoisotopic (exact) mass is 406 g/mol. The summed E-state index contributed by atoms with van der Waals surface area (Å²) in [6.45, 7) is 2.85. The van der Waals surface area contributed by atoms with E-state index in [-0.39, 0.29) is 13.1 Å². The molecule has 0 bridgehead atoms. The Labute approximate surface area is 166 Å². The smallest absolute Gasteiger partial charge is 0.293 e. The molecular weight excluding hydrogens is 383 g/mol. The van der Waals surface area contributed by atoms with Gasteiger partial charge in [0.05, 0.1) is 25.6 Å². The summed E-state index contributed by atoms with van der Waals surface area (Å²) in [7, 11) is 0. The Morgan fingerprint density at radius 1 is 1.31 bits per heavy atom. The van der Waals surface area contributed by atoms with Gasteiger partial charge in [-0.1, -0.05) is 12.1 Å². The number of ether oxygens (including phenoxy) is 1. The van der Waals surface area contributed by atoms with Gasteiger partial charge in [-0.05, 0) is 17.7 Å². The van der Waals surface area contributed by atoms with Crippen LogP contribution in [0, 0.1) is 5.82 Å². The third-order valence-electron chi connectivity index (χ3n) is 4.61. The summed E-state index contributed by atoms with van der Waals surface area (Å²) < 4.78 is 18.5. The van der Waals surface area contributed by atoms with Crippen LogP contribution in [0.5, 0.6) is 5.75 Å². The van der Waals surface area contributed by atoms with Gasteiger partial charge in [-0.3, -0.25) is 14.5 Å². The Hall–Kier alpha value is -2.82. The summed E-state index contributed by atoms with van der Waals surface area (Å²) in [5.74, 6) is -1.91. The molecule has 2 aromatic rings. The van der Waals surface area contributed by atoms with Crippen molar-refractivity contribution in [3.05, 3.63) is 58.0 Å². The molecule has 0 aliphatic carbocycles. The molecule has 0 spiro atoms. The molecular formula is C19H23FN4O5. The molecule has 1 aromatic carbocycles. The van der Waals surface area contributed by atoms with Crippen molar-refractivity contribution in [2.75, 3.05) is 39.4 Å². The van der Waals surface area contributed by atoms with E-state index < -0.39 is 34.8 Å². The number of β-amino-alcohol motifs (C(OH)–C–C–N with tert-alkyl or cyclic N) is 1. The number of aromatic nitrogens is 2. The van der Waals surface area contributed by atoms with Crippen LogP contribution in [0.25, 0.3) is 0 Å². The van der Waals surface area contributed by atoms with E-state index in [9.17, 15) is 24.2 Å². The van der Waals surface area contributed by atoms with Crippen LogP contribution in [0.2, 0.25) is 0 Å². The Morgan fingerprint density at radius 3 is 2.69 bits per heavy atom. The second-order valence-corrected chi connectivity index (χ2v) is 6.81. The predicted octanol–water partition coefficient (Wildman–Crippen LogP) is -0.0499. The summed E-state index contributed by atoms with van der Waals surface area (Å²) in [4.78, 5) is 33.8. The number of halogens is 1. The van der Waals surface area contributed by atoms with Gasteiger partial charge in [0.25, 0.3) is 11.5 Å². The second-order valence-electron chi connectivity index (χ2n) is 6.81. The number of H-pyrrole nitrogens is 1. The molecule has 1 aliphatic heterocycles. The standard InChI is InChI=1S/C19H23FN4O5/c20-14-3-1-13(2-4-14)9-24(11-15(25)10-23-5-7-29-8-6-23)19(28)16-17(26)18(27)22-12-21-16/h1-4,12,15,25-26H,5-11H2,(H,21,22,27). The van der Waals surface area contributed by atoms with Crippen LogP contribution in [-0.4, -0.2) is 81.4 Å². The van der Waals surface area contributed by atoms with E-state index >= 15 is 0 Å². The number of aliphatic hydroxyl groups excluding tert-OH is 1. The van der Waals surface area contributed by atoms with Crippen molar-refractivity contribution in [2.24, 2.45) is 0 Å². The van der Waals surface area contributed by atoms with Crippen molar-refractivity contribution in [2.45, 2.75) is 12.6 Å². The summed E-state index contributed by atoms with van der Waals surface area (Å²) in [5.41, 5.74) is -0.615. The quantitative estimate of drug-likeness (QED) is 0.590. The first-order valence-corrected chi connectivity index (χ1v) is 9.22. The molecule has 0 saturated carbocycles. The molecule has 1 saturated heterocycles. The van der Waals surface area contributed by atoms with Gasteiger partial charge >= 0.3 is 0 Å². The number of morpholine rings is 1. The van der Waals surface area contributed by atoms with Gasteiger partial charge in [0.1, 0.15) is 5.82 Å². The maximum atomic E-state index is 13.2. The summed E-state index contributed by atoms with van der Waals surface area (Å²) in [6.07, 6.45) is 0.150. The topological polar surface area (TPSA) is 119 Å². The van der Waals surface area contributed by atoms with Crippen LogP contribution >= 0.6 is 0 Å². The fourth-order valence-electron chi connectivity index (χ4n) is 3.12. The van der Waals surface area contributed by atoms with E-state index in [0.29, 0.717) is 38.4 Å². The van der Waals surface area contributed by atoms with Crippen molar-refractivity contribution < 1.29 is 24.1 Å². The number of hydrogen-bond donors (Lipinski definition) is 3. The number of amides is 1. The fourth-order valence-corrected chi connectivity index (χ4v) is 3.12. The molecule has 9 nitrogen and oxygen atoms in total. The van der Waals surface area contributed by atoms with Crippen LogP contribution in [0.3, 0.4) is 0 Å². The molecule has 1 fully saturated rings. The third kappa shape index (κ3) is 5.59. The zero-order valence-corrected chi connectivity index (χ0v) is 15.8. The Bertz CT molecular complexity index is 883. The number of carbonyl (C=O) groups excluding carboxylic acids is 1. The number of aromatic amines is 1. The number of nitrogens with zero attached hydrogens (tertiary/aromatic N) is 3. The minimum absolute atomic E-state index is 0.0488. The van der Waals surface area contributed by atoms with Gasteiger partial charge in [0.15, 0.2) is 5.69 Å². The highest BCUT2D eigenvalue weighted by molar-refractivity contribution is 5.94. The molecule has 1 aromatic heterocycles. The van der Waals surface area contributed by atoms with E-state index in [1.54, 1.807) is 0 Å². The SMILES string of the molecule is O=C(c1nc[nH]c(=O)c1O)N(Cc1ccc(F)cc1)CC(O)CN1CCOCC1. The van der Waals surface area contributed by atoms with Gasteiger partial charge in [0, 0.05) is 32.7 Å². The van der Waals surface area contributed by atoms with E-state index in [1.807, 2.05) is 4.90 Å². The average molecular weight is 406 g/mol. The van der Waals surface area contributed by atoms with Crippen molar-refractivity contribution in [1.82, 2.24) is 19.8 Å². The van der Waals surface area contributed by atoms with Crippen LogP contribution in [-0.2, 0) is 11.3 Å². The van der Waals surface area contributed by atoms with Crippen LogP contribution in [0.4, 0.5) is 4.39 Å². The lowest BCUT2D eigenvalue weighted by Crippen LogP contribution is -2.46. The largest absolute Gasteiger partial charge is 0.501 e. The number of rotatable bonds is 7. The molecule has 3 N–H and O–H groups in total. The Kier molecular flexibility index (Phi) is 6.91. The number of carbonyl (C=O) groups is 1. The Morgan fingerprint density at radius 2 is 2.00 bits per heavy atom. The third-order valence-corrected chi connectivity index (χ3v) is 4.61. The first-order chi connectivity index (χ1) is 13.9. The van der Waals surface area contributed by atoms with Crippen molar-refractivity contribution >= 4 is 5.91 Å². The normalized spacial score (nSPS) is 15.8. The summed E-state index contributed by atoms with van der Waals surface area (Å²) >= 11 is 0. The molecule has 1 amide bonds. The van der Waals surface area contributed by atoms with Gasteiger partial charge in [-0.2, -0.15) is 0 Å². The number of nitrogens with one attached hydrogen (secondary N) is 1. The molecule has 3 rings (SSSR count). The molecule has 1 atom stereocenters. The first kappa shape index (κ1) is 20.9. The molecule has 29 heavy (non-hydrogen) atoms. The molecule has 1 unspecified atom stereocenters. The molecule has 0 radical (unpaired) electrons. The lowest BCUT2D eigenvalue weighted by Gasteiger charge is -2.31. The fraction of sp³-hybridized carbons (Fsp3) is 0.421. The highest BCUT2D eigenvalue weighted by Gasteiger charge is 2.25. The predicted molar refractivity (Wildman–Crippen MR) is 101 cm³/mol. The second kappa shape index (κ2) is 9.59. The van der Waals surface area contributed by atoms with Crippen molar-refractivity contribution in [3.8, 4) is 5.75 Å². The van der Waals surface area contributed by atoms with E-state index in [1.165, 1.54) is 29.2 Å². The van der Waals surface area contributed by atoms with Crippen molar-refractivity contribution in [3.63, 3.8) is 0 Å². The van der Waals surface area contributed by atoms with Gasteiger partial charge in [0.2, 0.25) is 5.75 Å². The molecule has 156 valence electrons. The van der Waals surface area contributed by atoms with Gasteiger partial charge < -0.3 is 24.8 Å². The minimum Gasteiger partial charge on any atom is -0.501 e. The summed E-state index contributed by atoms with van der Waals surface area (Å²) in [5, 5.41) is 20.5. The highest BCUT2D eigenvalue weighted by Crippen LogP contribution is 2.15. The zero-order chi connectivity index (χ0) is 20.8. The van der Waals surface area contributed by atoms with E-state index in [2.05, 4.69) is 9.97 Å². The van der Waals surface area contributed by atoms with Crippen LogP contribution in [0.15, 0.2) is 35.4 Å². The number of aromatic hydroxyl groups is 1. The Balaban J connectivity index is 1.78. The molecule has 10 heteroatoms. The maximum Gasteiger partial charge on any atom is 0.293 e. The lowest BCUT2D eigenvalue weighted by molar-refractivity contribution is 0.00642. The highest BCUT2D eigenvalue weighted by atomic mass is 19.1. The zero-order valence-electron chi connectivity index (χ0n) is 15.8. The van der Waals surface area contributed by atoms with Crippen LogP contribution in [0.1, 0.15) is 16.1 Å². The van der Waals surface area contributed by atoms with Gasteiger partial charge in [-0.25, -0.2) is 9.37 Å². The van der Waals surface area contributed by atoms with E-state index in [4.69, 9.17) is 4.74 Å². The lowest BCUT2D eigenvalue weighted by atomic mass is 10.1. The maximum absolute atomic E-state index is 13.2. The van der Waals surface area contributed by atoms with Gasteiger partial charge in [-0.15, -0.1) is 0 Å². The van der Waals surface area contributed by atoms with Crippen LogP contribution < -0.4 is 5.56 Å². The van der Waals surface area contributed by atoms with E-state index in [0.717, 1.165) is 6.33 Å². The average Bonchev–Trinajstić information content (AvgIpc) is 2.71. The van der Waals surface area contributed by atoms with Crippen molar-refractivity contribution in [1.29, 1.82) is 0 Å². The first-order valence-electron chi connectivity index (χ1n) is 9.22. The minimum atomic E-state index is -0.873. The molecule has 1 aliphatic rings. The molecule has 2 heterocycles. The summed E-state index contributed by atoms with van der Waals surface area (Å²) in [6, 6.07) is 5.58. The number of benzene rings is 1.